The van der Waals surface area contributed by atoms with Crippen molar-refractivity contribution >= 4 is 27.9 Å². The predicted octanol–water partition coefficient (Wildman–Crippen LogP) is 2.93. The first kappa shape index (κ1) is 17.5. The third-order valence-electron chi connectivity index (χ3n) is 2.41. The number of rotatable bonds is 8. The molecule has 0 atom stereocenters. The van der Waals surface area contributed by atoms with Crippen molar-refractivity contribution in [2.75, 3.05) is 24.1 Å². The largest absolute Gasteiger partial charge is 0.486 e. The number of hydrogen-bond donors (Lipinski definition) is 3. The van der Waals surface area contributed by atoms with Crippen molar-refractivity contribution < 1.29 is 18.3 Å². The van der Waals surface area contributed by atoms with Gasteiger partial charge in [0.2, 0.25) is 0 Å². The minimum atomic E-state index is -2.50. The van der Waals surface area contributed by atoms with Gasteiger partial charge in [-0.05, 0) is 20.3 Å². The smallest absolute Gasteiger partial charge is 0.263 e. The van der Waals surface area contributed by atoms with Crippen LogP contribution in [0.4, 0.5) is 19.5 Å². The molecule has 0 spiro atoms. The fourth-order valence-electron chi connectivity index (χ4n) is 1.56. The molecule has 0 aliphatic rings. The maximum Gasteiger partial charge on any atom is 0.263 e. The average molecular weight is 321 g/mol. The zero-order chi connectivity index (χ0) is 16.0. The highest BCUT2D eigenvalue weighted by Crippen LogP contribution is 2.43. The van der Waals surface area contributed by atoms with E-state index in [0.717, 1.165) is 17.8 Å². The third kappa shape index (κ3) is 5.04. The fraction of sp³-hybridized carbons (Fsp3) is 0.615. The molecule has 21 heavy (non-hydrogen) atoms. The summed E-state index contributed by atoms with van der Waals surface area (Å²) in [6, 6.07) is 0. The van der Waals surface area contributed by atoms with Crippen LogP contribution in [0.25, 0.3) is 0 Å². The van der Waals surface area contributed by atoms with E-state index in [1.165, 1.54) is 0 Å². The van der Waals surface area contributed by atoms with Crippen molar-refractivity contribution in [3.05, 3.63) is 4.88 Å². The van der Waals surface area contributed by atoms with Gasteiger partial charge in [-0.25, -0.2) is 8.78 Å². The third-order valence-corrected chi connectivity index (χ3v) is 3.56. The summed E-state index contributed by atoms with van der Waals surface area (Å²) in [4.78, 5) is 12.3. The Morgan fingerprint density at radius 3 is 2.62 bits per heavy atom. The molecule has 5 nitrogen and oxygen atoms in total. The maximum atomic E-state index is 12.3. The van der Waals surface area contributed by atoms with Crippen LogP contribution in [0.5, 0.6) is 5.75 Å². The summed E-state index contributed by atoms with van der Waals surface area (Å²) in [6.45, 7) is 5.53. The molecule has 0 fully saturated rings. The normalized spacial score (nSPS) is 11.0. The predicted molar refractivity (Wildman–Crippen MR) is 81.6 cm³/mol. The Kier molecular flexibility index (Phi) is 6.67. The minimum absolute atomic E-state index is 0.180. The molecule has 0 bridgehead atoms. The Hall–Kier alpha value is -1.57. The number of anilines is 2. The van der Waals surface area contributed by atoms with E-state index in [-0.39, 0.29) is 28.3 Å². The first-order valence-corrected chi connectivity index (χ1v) is 7.57. The highest BCUT2D eigenvalue weighted by Gasteiger charge is 2.23. The van der Waals surface area contributed by atoms with E-state index >= 15 is 0 Å². The van der Waals surface area contributed by atoms with E-state index < -0.39 is 13.0 Å². The molecule has 8 heteroatoms. The van der Waals surface area contributed by atoms with Gasteiger partial charge in [0.15, 0.2) is 5.75 Å². The lowest BCUT2D eigenvalue weighted by molar-refractivity contribution is 0.0958. The summed E-state index contributed by atoms with van der Waals surface area (Å²) in [5.41, 5.74) is 6.11. The summed E-state index contributed by atoms with van der Waals surface area (Å²) in [5, 5.41) is 5.63. The lowest BCUT2D eigenvalue weighted by Crippen LogP contribution is -2.23. The van der Waals surface area contributed by atoms with Gasteiger partial charge in [0, 0.05) is 6.54 Å². The van der Waals surface area contributed by atoms with E-state index in [1.807, 2.05) is 6.92 Å². The van der Waals surface area contributed by atoms with Gasteiger partial charge in [0.25, 0.3) is 12.3 Å². The van der Waals surface area contributed by atoms with Crippen LogP contribution in [0.15, 0.2) is 0 Å². The van der Waals surface area contributed by atoms with Gasteiger partial charge in [0.1, 0.15) is 15.6 Å². The van der Waals surface area contributed by atoms with Crippen LogP contribution in [-0.2, 0) is 0 Å². The second kappa shape index (κ2) is 8.02. The Morgan fingerprint density at radius 1 is 1.43 bits per heavy atom. The first-order valence-electron chi connectivity index (χ1n) is 6.75. The number of ether oxygens (including phenoxy) is 1. The molecule has 0 unspecified atom stereocenters. The molecule has 0 aliphatic heterocycles. The van der Waals surface area contributed by atoms with Gasteiger partial charge in [0.05, 0.1) is 12.6 Å². The molecule has 4 N–H and O–H groups in total. The fourth-order valence-corrected chi connectivity index (χ4v) is 2.53. The molecule has 0 aromatic carbocycles. The minimum Gasteiger partial charge on any atom is -0.486 e. The quantitative estimate of drug-likeness (QED) is 0.688. The highest BCUT2D eigenvalue weighted by atomic mass is 32.1. The molecule has 1 aromatic heterocycles. The number of nitrogens with two attached hydrogens (primary N) is 1. The number of carbonyl (C=O) groups excluding carboxylic acids is 1. The molecule has 1 amide bonds. The van der Waals surface area contributed by atoms with Crippen LogP contribution in [0.1, 0.15) is 36.9 Å². The molecular formula is C13H21F2N3O2S. The lowest BCUT2D eigenvalue weighted by atomic mass is 10.3. The highest BCUT2D eigenvalue weighted by molar-refractivity contribution is 7.19. The van der Waals surface area contributed by atoms with Gasteiger partial charge in [-0.2, -0.15) is 0 Å². The first-order chi connectivity index (χ1) is 9.86. The molecule has 0 saturated heterocycles. The summed E-state index contributed by atoms with van der Waals surface area (Å²) >= 11 is 1.02. The maximum absolute atomic E-state index is 12.3. The van der Waals surface area contributed by atoms with Gasteiger partial charge in [-0.15, -0.1) is 11.3 Å². The molecule has 0 radical (unpaired) electrons. The summed E-state index contributed by atoms with van der Waals surface area (Å²) in [6.07, 6.45) is -1.89. The van der Waals surface area contributed by atoms with E-state index in [1.54, 1.807) is 13.8 Å². The lowest BCUT2D eigenvalue weighted by Gasteiger charge is -2.12. The molecular weight excluding hydrogens is 300 g/mol. The van der Waals surface area contributed by atoms with E-state index in [2.05, 4.69) is 10.6 Å². The number of carbonyl (C=O) groups is 1. The number of hydrogen-bond acceptors (Lipinski definition) is 5. The molecule has 0 saturated carbocycles. The monoisotopic (exact) mass is 321 g/mol. The van der Waals surface area contributed by atoms with Crippen LogP contribution in [0.2, 0.25) is 0 Å². The Labute approximate surface area is 126 Å². The molecule has 1 heterocycles. The van der Waals surface area contributed by atoms with Gasteiger partial charge in [-0.3, -0.25) is 4.79 Å². The van der Waals surface area contributed by atoms with Crippen LogP contribution >= 0.6 is 11.3 Å². The van der Waals surface area contributed by atoms with E-state index in [0.29, 0.717) is 11.5 Å². The molecule has 1 aromatic rings. The topological polar surface area (TPSA) is 76.4 Å². The Morgan fingerprint density at radius 2 is 2.10 bits per heavy atom. The standard InChI is InChI=1S/C13H21F2N3O2S/c1-4-5-17-12(19)11-9(16)10(20-7(2)3)13(21-11)18-6-8(14)15/h7-8,18H,4-6,16H2,1-3H3,(H,17,19). The van der Waals surface area contributed by atoms with Crippen LogP contribution < -0.4 is 21.1 Å². The second-order valence-electron chi connectivity index (χ2n) is 4.70. The van der Waals surface area contributed by atoms with E-state index in [4.69, 9.17) is 10.5 Å². The van der Waals surface area contributed by atoms with Crippen LogP contribution in [0, 0.1) is 0 Å². The van der Waals surface area contributed by atoms with Gasteiger partial charge in [-0.1, -0.05) is 6.92 Å². The number of alkyl halides is 2. The number of thiophene rings is 1. The van der Waals surface area contributed by atoms with Gasteiger partial charge >= 0.3 is 0 Å². The van der Waals surface area contributed by atoms with Gasteiger partial charge < -0.3 is 21.1 Å². The van der Waals surface area contributed by atoms with Crippen LogP contribution in [0.3, 0.4) is 0 Å². The van der Waals surface area contributed by atoms with Crippen molar-refractivity contribution in [1.82, 2.24) is 5.32 Å². The van der Waals surface area contributed by atoms with E-state index in [9.17, 15) is 13.6 Å². The van der Waals surface area contributed by atoms with Crippen molar-refractivity contribution in [2.24, 2.45) is 0 Å². The number of amides is 1. The summed E-state index contributed by atoms with van der Waals surface area (Å²) < 4.78 is 30.2. The van der Waals surface area contributed by atoms with Crippen molar-refractivity contribution in [3.63, 3.8) is 0 Å². The zero-order valence-corrected chi connectivity index (χ0v) is 13.2. The summed E-state index contributed by atoms with van der Waals surface area (Å²) in [7, 11) is 0. The van der Waals surface area contributed by atoms with Crippen LogP contribution in [-0.4, -0.2) is 31.5 Å². The summed E-state index contributed by atoms with van der Waals surface area (Å²) in [5.74, 6) is -0.0599. The number of halogens is 2. The molecule has 120 valence electrons. The molecule has 0 aliphatic carbocycles. The van der Waals surface area contributed by atoms with Crippen molar-refractivity contribution in [1.29, 1.82) is 0 Å². The SMILES string of the molecule is CCCNC(=O)c1sc(NCC(F)F)c(OC(C)C)c1N. The number of nitrogen functional groups attached to an aromatic ring is 1. The molecule has 1 rings (SSSR count). The second-order valence-corrected chi connectivity index (χ2v) is 5.72. The Balaban J connectivity index is 3.01. The van der Waals surface area contributed by atoms with Crippen molar-refractivity contribution in [2.45, 2.75) is 39.7 Å². The zero-order valence-electron chi connectivity index (χ0n) is 12.3. The Bertz CT molecular complexity index is 478. The van der Waals surface area contributed by atoms with Crippen molar-refractivity contribution in [3.8, 4) is 5.75 Å². The average Bonchev–Trinajstić information content (AvgIpc) is 2.70. The number of nitrogens with one attached hydrogen (secondary N) is 2.